The van der Waals surface area contributed by atoms with Crippen molar-refractivity contribution >= 4 is 28.6 Å². The van der Waals surface area contributed by atoms with E-state index >= 15 is 0 Å². The molecule has 8 heteroatoms. The summed E-state index contributed by atoms with van der Waals surface area (Å²) in [6, 6.07) is 35.3. The number of fused-ring (bicyclic) bond motifs is 1. The number of H-pyrrole nitrogens is 1. The zero-order valence-corrected chi connectivity index (χ0v) is 25.7. The maximum atomic E-state index is 13.7. The first-order valence-electron chi connectivity index (χ1n) is 15.7. The molecule has 2 atom stereocenters. The van der Waals surface area contributed by atoms with E-state index in [9.17, 15) is 19.6 Å². The first-order chi connectivity index (χ1) is 22.5. The van der Waals surface area contributed by atoms with E-state index in [1.807, 2.05) is 85.1 Å². The first-order valence-corrected chi connectivity index (χ1v) is 15.7. The van der Waals surface area contributed by atoms with Gasteiger partial charge in [-0.15, -0.1) is 0 Å². The van der Waals surface area contributed by atoms with Crippen molar-refractivity contribution in [1.82, 2.24) is 21.1 Å². The largest absolute Gasteiger partial charge is 0.361 e. The van der Waals surface area contributed by atoms with E-state index in [0.717, 1.165) is 38.7 Å². The second-order valence-electron chi connectivity index (χ2n) is 11.5. The van der Waals surface area contributed by atoms with Crippen molar-refractivity contribution in [3.8, 4) is 11.1 Å². The molecular formula is C38H40N4O4. The Morgan fingerprint density at radius 1 is 0.739 bits per heavy atom. The third-order valence-corrected chi connectivity index (χ3v) is 8.27. The summed E-state index contributed by atoms with van der Waals surface area (Å²) in [5.74, 6) is -2.07. The molecule has 236 valence electrons. The van der Waals surface area contributed by atoms with Crippen molar-refractivity contribution in [2.45, 2.75) is 44.6 Å². The van der Waals surface area contributed by atoms with Crippen molar-refractivity contribution in [1.29, 1.82) is 0 Å². The maximum absolute atomic E-state index is 13.7. The number of para-hydroxylation sites is 1. The number of rotatable bonds is 15. The van der Waals surface area contributed by atoms with E-state index in [4.69, 9.17) is 0 Å². The van der Waals surface area contributed by atoms with E-state index < -0.39 is 23.8 Å². The molecule has 0 aliphatic carbocycles. The van der Waals surface area contributed by atoms with E-state index in [1.165, 1.54) is 0 Å². The van der Waals surface area contributed by atoms with Crippen molar-refractivity contribution in [2.24, 2.45) is 5.92 Å². The molecular weight excluding hydrogens is 576 g/mol. The van der Waals surface area contributed by atoms with Gasteiger partial charge in [-0.05, 0) is 59.6 Å². The molecule has 46 heavy (non-hydrogen) atoms. The summed E-state index contributed by atoms with van der Waals surface area (Å²) in [5.41, 5.74) is 7.98. The van der Waals surface area contributed by atoms with Gasteiger partial charge in [-0.25, -0.2) is 5.48 Å². The Kier molecular flexibility index (Phi) is 11.3. The molecule has 0 unspecified atom stereocenters. The van der Waals surface area contributed by atoms with E-state index in [2.05, 4.69) is 45.9 Å². The number of hydrogen-bond donors (Lipinski definition) is 5. The number of carbonyl (C=O) groups excluding carboxylic acids is 3. The van der Waals surface area contributed by atoms with Gasteiger partial charge in [-0.2, -0.15) is 0 Å². The standard InChI is InChI=1S/C38H40N4O4/c43-36(42-46)25-31(18-10-14-28-13-9-17-30(23-28)29-15-5-2-6-16-29)37(44)41-35(24-32-26-40-34-20-8-7-19-33(32)34)38(45)39-22-21-27-11-3-1-4-12-27/h1-9,11-13,15-17,19-20,23,26,31,35,40,46H,10,14,18,21-22,24-25H2,(H,39,45)(H,41,44)(H,42,43)/t31-,35+/m1/s1. The molecule has 0 bridgehead atoms. The second-order valence-corrected chi connectivity index (χ2v) is 11.5. The highest BCUT2D eigenvalue weighted by molar-refractivity contribution is 5.91. The molecule has 0 saturated heterocycles. The van der Waals surface area contributed by atoms with Gasteiger partial charge < -0.3 is 15.6 Å². The summed E-state index contributed by atoms with van der Waals surface area (Å²) in [4.78, 5) is 42.7. The molecule has 3 amide bonds. The van der Waals surface area contributed by atoms with Crippen LogP contribution in [0.1, 0.15) is 36.0 Å². The van der Waals surface area contributed by atoms with Gasteiger partial charge >= 0.3 is 0 Å². The molecule has 0 aliphatic heterocycles. The summed E-state index contributed by atoms with van der Waals surface area (Å²) in [7, 11) is 0. The van der Waals surface area contributed by atoms with Crippen LogP contribution in [-0.4, -0.2) is 40.5 Å². The van der Waals surface area contributed by atoms with Crippen LogP contribution >= 0.6 is 0 Å². The molecule has 4 aromatic carbocycles. The number of aryl methyl sites for hydroxylation is 1. The Bertz CT molecular complexity index is 1740. The lowest BCUT2D eigenvalue weighted by Crippen LogP contribution is -2.50. The van der Waals surface area contributed by atoms with E-state index in [-0.39, 0.29) is 18.7 Å². The van der Waals surface area contributed by atoms with E-state index in [0.29, 0.717) is 32.2 Å². The lowest BCUT2D eigenvalue weighted by molar-refractivity contribution is -0.136. The van der Waals surface area contributed by atoms with Gasteiger partial charge in [0.25, 0.3) is 0 Å². The van der Waals surface area contributed by atoms with Gasteiger partial charge in [-0.3, -0.25) is 19.6 Å². The molecule has 5 aromatic rings. The van der Waals surface area contributed by atoms with Crippen LogP contribution in [0.5, 0.6) is 0 Å². The normalized spacial score (nSPS) is 12.3. The summed E-state index contributed by atoms with van der Waals surface area (Å²) in [5, 5.41) is 16.2. The van der Waals surface area contributed by atoms with Crippen molar-refractivity contribution < 1.29 is 19.6 Å². The Morgan fingerprint density at radius 2 is 1.43 bits per heavy atom. The summed E-state index contributed by atoms with van der Waals surface area (Å²) >= 11 is 0. The third kappa shape index (κ3) is 8.92. The number of carbonyl (C=O) groups is 3. The topological polar surface area (TPSA) is 123 Å². The lowest BCUT2D eigenvalue weighted by Gasteiger charge is -2.22. The van der Waals surface area contributed by atoms with Gasteiger partial charge in [-0.1, -0.05) is 103 Å². The first kappa shape index (κ1) is 32.2. The minimum Gasteiger partial charge on any atom is -0.361 e. The molecule has 0 saturated carbocycles. The smallest absolute Gasteiger partial charge is 0.244 e. The van der Waals surface area contributed by atoms with Crippen LogP contribution < -0.4 is 16.1 Å². The SMILES string of the molecule is O=C(C[C@@H](CCCc1cccc(-c2ccccc2)c1)C(=O)N[C@@H](Cc1c[nH]c2ccccc12)C(=O)NCCc1ccccc1)NO. The number of aromatic nitrogens is 1. The van der Waals surface area contributed by atoms with E-state index in [1.54, 1.807) is 5.48 Å². The zero-order chi connectivity index (χ0) is 32.1. The molecule has 0 fully saturated rings. The van der Waals surface area contributed by atoms with Crippen molar-refractivity contribution in [3.63, 3.8) is 0 Å². The zero-order valence-electron chi connectivity index (χ0n) is 25.7. The number of amides is 3. The maximum Gasteiger partial charge on any atom is 0.244 e. The third-order valence-electron chi connectivity index (χ3n) is 8.27. The predicted octanol–water partition coefficient (Wildman–Crippen LogP) is 5.76. The molecule has 0 aliphatic rings. The predicted molar refractivity (Wildman–Crippen MR) is 180 cm³/mol. The van der Waals surface area contributed by atoms with Crippen molar-refractivity contribution in [2.75, 3.05) is 6.54 Å². The molecule has 1 aromatic heterocycles. The molecule has 0 spiro atoms. The second kappa shape index (κ2) is 16.2. The number of benzene rings is 4. The lowest BCUT2D eigenvalue weighted by atomic mass is 9.93. The fourth-order valence-corrected chi connectivity index (χ4v) is 5.80. The monoisotopic (exact) mass is 616 g/mol. The molecule has 5 N–H and O–H groups in total. The van der Waals surface area contributed by atoms with Crippen LogP contribution in [0, 0.1) is 5.92 Å². The fraction of sp³-hybridized carbons (Fsp3) is 0.237. The van der Waals surface area contributed by atoms with Crippen LogP contribution in [-0.2, 0) is 33.6 Å². The summed E-state index contributed by atoms with van der Waals surface area (Å²) in [6.45, 7) is 0.418. The average molecular weight is 617 g/mol. The number of hydrogen-bond acceptors (Lipinski definition) is 4. The Morgan fingerprint density at radius 3 is 2.22 bits per heavy atom. The highest BCUT2D eigenvalue weighted by Crippen LogP contribution is 2.23. The van der Waals surface area contributed by atoms with Gasteiger partial charge in [0.2, 0.25) is 17.7 Å². The van der Waals surface area contributed by atoms with Crippen LogP contribution in [0.15, 0.2) is 115 Å². The van der Waals surface area contributed by atoms with Crippen molar-refractivity contribution in [3.05, 3.63) is 132 Å². The van der Waals surface area contributed by atoms with Gasteiger partial charge in [0.1, 0.15) is 6.04 Å². The Balaban J connectivity index is 1.27. The number of nitrogens with one attached hydrogen (secondary N) is 4. The number of aromatic amines is 1. The quantitative estimate of drug-likeness (QED) is 0.0759. The van der Waals surface area contributed by atoms with Gasteiger partial charge in [0.05, 0.1) is 0 Å². The van der Waals surface area contributed by atoms with Crippen LogP contribution in [0.2, 0.25) is 0 Å². The summed E-state index contributed by atoms with van der Waals surface area (Å²) in [6.07, 6.45) is 4.37. The molecule has 8 nitrogen and oxygen atoms in total. The minimum absolute atomic E-state index is 0.193. The Hall–Kier alpha value is -5.21. The van der Waals surface area contributed by atoms with Crippen LogP contribution in [0.4, 0.5) is 0 Å². The van der Waals surface area contributed by atoms with Gasteiger partial charge in [0.15, 0.2) is 0 Å². The fourth-order valence-electron chi connectivity index (χ4n) is 5.80. The molecule has 1 heterocycles. The average Bonchev–Trinajstić information content (AvgIpc) is 3.51. The minimum atomic E-state index is -0.857. The van der Waals surface area contributed by atoms with Crippen LogP contribution in [0.3, 0.4) is 0 Å². The highest BCUT2D eigenvalue weighted by atomic mass is 16.5. The molecule has 5 rings (SSSR count). The summed E-state index contributed by atoms with van der Waals surface area (Å²) < 4.78 is 0. The molecule has 0 radical (unpaired) electrons. The van der Waals surface area contributed by atoms with Crippen LogP contribution in [0.25, 0.3) is 22.0 Å². The van der Waals surface area contributed by atoms with Gasteiger partial charge in [0, 0.05) is 42.4 Å². The highest BCUT2D eigenvalue weighted by Gasteiger charge is 2.28. The number of hydroxylamine groups is 1. The Labute approximate surface area is 269 Å².